The fourth-order valence-corrected chi connectivity index (χ4v) is 7.44. The zero-order valence-corrected chi connectivity index (χ0v) is 22.8. The van der Waals surface area contributed by atoms with Gasteiger partial charge in [0.15, 0.2) is 5.13 Å². The molecule has 36 heavy (non-hydrogen) atoms. The molecule has 2 heterocycles. The van der Waals surface area contributed by atoms with Crippen LogP contribution in [0.3, 0.4) is 0 Å². The summed E-state index contributed by atoms with van der Waals surface area (Å²) in [6, 6.07) is 8.01. The Balaban J connectivity index is 1.70. The van der Waals surface area contributed by atoms with Crippen molar-refractivity contribution in [2.24, 2.45) is 0 Å². The highest BCUT2D eigenvalue weighted by molar-refractivity contribution is 7.89. The molecule has 0 spiro atoms. The first-order valence-corrected chi connectivity index (χ1v) is 14.6. The zero-order chi connectivity index (χ0) is 26.0. The molecule has 0 bridgehead atoms. The highest BCUT2D eigenvalue weighted by Gasteiger charge is 2.42. The standard InChI is InChI=1S/C26H33FN4O3S2/c1-5-29(6-2)16-17-30(26-28-23-18(3)9-10-19(4)24(23)35-26)25(32)22-8-7-15-31(22)36(33,34)21-13-11-20(27)12-14-21/h9-14,22H,5-8,15-17H2,1-4H3. The summed E-state index contributed by atoms with van der Waals surface area (Å²) in [6.45, 7) is 11.2. The summed E-state index contributed by atoms with van der Waals surface area (Å²) in [4.78, 5) is 22.8. The Labute approximate surface area is 216 Å². The van der Waals surface area contributed by atoms with Gasteiger partial charge >= 0.3 is 0 Å². The van der Waals surface area contributed by atoms with Gasteiger partial charge in [0.1, 0.15) is 11.9 Å². The summed E-state index contributed by atoms with van der Waals surface area (Å²) < 4.78 is 42.6. The predicted octanol–water partition coefficient (Wildman–Crippen LogP) is 4.58. The van der Waals surface area contributed by atoms with E-state index in [-0.39, 0.29) is 17.3 Å². The number of anilines is 1. The topological polar surface area (TPSA) is 73.8 Å². The van der Waals surface area contributed by atoms with E-state index in [0.29, 0.717) is 31.1 Å². The first-order valence-electron chi connectivity index (χ1n) is 12.3. The van der Waals surface area contributed by atoms with Gasteiger partial charge in [0.05, 0.1) is 15.1 Å². The van der Waals surface area contributed by atoms with E-state index in [1.807, 2.05) is 19.9 Å². The number of aromatic nitrogens is 1. The average Bonchev–Trinajstić information content (AvgIpc) is 3.53. The lowest BCUT2D eigenvalue weighted by Gasteiger charge is -2.30. The van der Waals surface area contributed by atoms with E-state index in [0.717, 1.165) is 46.6 Å². The molecule has 1 aromatic heterocycles. The molecule has 194 valence electrons. The van der Waals surface area contributed by atoms with Crippen LogP contribution >= 0.6 is 11.3 Å². The van der Waals surface area contributed by atoms with Crippen LogP contribution in [0.25, 0.3) is 10.2 Å². The van der Waals surface area contributed by atoms with Gasteiger partial charge in [0.25, 0.3) is 0 Å². The maximum Gasteiger partial charge on any atom is 0.247 e. The largest absolute Gasteiger partial charge is 0.302 e. The Morgan fingerprint density at radius 3 is 2.39 bits per heavy atom. The van der Waals surface area contributed by atoms with E-state index in [1.165, 1.54) is 27.8 Å². The van der Waals surface area contributed by atoms with Crippen LogP contribution in [0.1, 0.15) is 37.8 Å². The van der Waals surface area contributed by atoms with Gasteiger partial charge in [0.2, 0.25) is 15.9 Å². The first-order chi connectivity index (χ1) is 17.2. The third-order valence-electron chi connectivity index (χ3n) is 6.87. The molecular formula is C26H33FN4O3S2. The lowest BCUT2D eigenvalue weighted by atomic mass is 10.1. The van der Waals surface area contributed by atoms with Gasteiger partial charge in [-0.2, -0.15) is 4.31 Å². The van der Waals surface area contributed by atoms with E-state index in [4.69, 9.17) is 4.98 Å². The highest BCUT2D eigenvalue weighted by Crippen LogP contribution is 2.35. The van der Waals surface area contributed by atoms with Crippen molar-refractivity contribution in [2.45, 2.75) is 51.5 Å². The van der Waals surface area contributed by atoms with Crippen molar-refractivity contribution in [1.82, 2.24) is 14.2 Å². The van der Waals surface area contributed by atoms with Crippen LogP contribution in [-0.2, 0) is 14.8 Å². The number of hydrogen-bond acceptors (Lipinski definition) is 6. The number of benzene rings is 2. The number of nitrogens with zero attached hydrogens (tertiary/aromatic N) is 4. The van der Waals surface area contributed by atoms with Crippen molar-refractivity contribution in [3.8, 4) is 0 Å². The molecular weight excluding hydrogens is 499 g/mol. The molecule has 4 rings (SSSR count). The fraction of sp³-hybridized carbons (Fsp3) is 0.462. The third kappa shape index (κ3) is 5.18. The van der Waals surface area contributed by atoms with E-state index in [2.05, 4.69) is 24.8 Å². The van der Waals surface area contributed by atoms with Crippen LogP contribution in [0.2, 0.25) is 0 Å². The van der Waals surface area contributed by atoms with Crippen LogP contribution in [0.5, 0.6) is 0 Å². The molecule has 0 radical (unpaired) electrons. The quantitative estimate of drug-likeness (QED) is 0.403. The number of likely N-dealkylation sites (N-methyl/N-ethyl adjacent to an activating group) is 1. The number of rotatable bonds is 9. The summed E-state index contributed by atoms with van der Waals surface area (Å²) in [5.74, 6) is -0.772. The molecule has 1 unspecified atom stereocenters. The molecule has 1 fully saturated rings. The van der Waals surface area contributed by atoms with E-state index < -0.39 is 21.9 Å². The zero-order valence-electron chi connectivity index (χ0n) is 21.2. The van der Waals surface area contributed by atoms with Crippen molar-refractivity contribution in [2.75, 3.05) is 37.6 Å². The van der Waals surface area contributed by atoms with E-state index >= 15 is 0 Å². The molecule has 0 N–H and O–H groups in total. The Hall–Kier alpha value is -2.40. The average molecular weight is 533 g/mol. The van der Waals surface area contributed by atoms with Crippen LogP contribution < -0.4 is 4.90 Å². The number of amides is 1. The monoisotopic (exact) mass is 532 g/mol. The van der Waals surface area contributed by atoms with E-state index in [9.17, 15) is 17.6 Å². The van der Waals surface area contributed by atoms with Gasteiger partial charge in [-0.1, -0.05) is 37.3 Å². The fourth-order valence-electron chi connectivity index (χ4n) is 4.64. The molecule has 3 aromatic rings. The van der Waals surface area contributed by atoms with Gasteiger partial charge in [-0.3, -0.25) is 9.69 Å². The molecule has 10 heteroatoms. The minimum absolute atomic E-state index is 0.00970. The molecule has 1 atom stereocenters. The number of hydrogen-bond donors (Lipinski definition) is 0. The van der Waals surface area contributed by atoms with Crippen LogP contribution in [0.15, 0.2) is 41.3 Å². The van der Waals surface area contributed by atoms with Crippen molar-refractivity contribution in [3.05, 3.63) is 53.3 Å². The SMILES string of the molecule is CCN(CC)CCN(C(=O)C1CCCN1S(=O)(=O)c1ccc(F)cc1)c1nc2c(C)ccc(C)c2s1. The second-order valence-electron chi connectivity index (χ2n) is 9.12. The minimum atomic E-state index is -3.95. The number of fused-ring (bicyclic) bond motifs is 1. The normalized spacial score (nSPS) is 16.8. The summed E-state index contributed by atoms with van der Waals surface area (Å²) >= 11 is 1.47. The van der Waals surface area contributed by atoms with Gasteiger partial charge in [0, 0.05) is 19.6 Å². The van der Waals surface area contributed by atoms with E-state index in [1.54, 1.807) is 4.90 Å². The molecule has 1 aliphatic heterocycles. The maximum atomic E-state index is 14.0. The van der Waals surface area contributed by atoms with Crippen LogP contribution in [0.4, 0.5) is 9.52 Å². The molecule has 0 saturated carbocycles. The second kappa shape index (κ2) is 10.9. The maximum absolute atomic E-state index is 14.0. The number of thiazole rings is 1. The van der Waals surface area contributed by atoms with Crippen molar-refractivity contribution >= 4 is 42.6 Å². The van der Waals surface area contributed by atoms with Gasteiger partial charge in [-0.15, -0.1) is 0 Å². The summed E-state index contributed by atoms with van der Waals surface area (Å²) in [6.07, 6.45) is 1.02. The summed E-state index contributed by atoms with van der Waals surface area (Å²) in [5, 5.41) is 0.589. The van der Waals surface area contributed by atoms with Gasteiger partial charge in [-0.25, -0.2) is 17.8 Å². The molecule has 2 aromatic carbocycles. The summed E-state index contributed by atoms with van der Waals surface area (Å²) in [7, 11) is -3.95. The number of carbonyl (C=O) groups excluding carboxylic acids is 1. The van der Waals surface area contributed by atoms with Crippen LogP contribution in [-0.4, -0.2) is 67.3 Å². The lowest BCUT2D eigenvalue weighted by Crippen LogP contribution is -2.49. The molecule has 7 nitrogen and oxygen atoms in total. The predicted molar refractivity (Wildman–Crippen MR) is 143 cm³/mol. The van der Waals surface area contributed by atoms with Crippen LogP contribution in [0, 0.1) is 19.7 Å². The highest BCUT2D eigenvalue weighted by atomic mass is 32.2. The number of aryl methyl sites for hydroxylation is 2. The van der Waals surface area contributed by atoms with Crippen molar-refractivity contribution in [3.63, 3.8) is 0 Å². The number of sulfonamides is 1. The molecule has 1 aliphatic rings. The lowest BCUT2D eigenvalue weighted by molar-refractivity contribution is -0.121. The first kappa shape index (κ1) is 26.7. The smallest absolute Gasteiger partial charge is 0.247 e. The third-order valence-corrected chi connectivity index (χ3v) is 10.0. The molecule has 1 amide bonds. The van der Waals surface area contributed by atoms with Gasteiger partial charge in [-0.05, 0) is 75.2 Å². The minimum Gasteiger partial charge on any atom is -0.302 e. The second-order valence-corrected chi connectivity index (χ2v) is 12.0. The van der Waals surface area contributed by atoms with Crippen molar-refractivity contribution < 1.29 is 17.6 Å². The number of carbonyl (C=O) groups is 1. The Bertz CT molecular complexity index is 1300. The molecule has 0 aliphatic carbocycles. The van der Waals surface area contributed by atoms with Crippen molar-refractivity contribution in [1.29, 1.82) is 0 Å². The van der Waals surface area contributed by atoms with Gasteiger partial charge < -0.3 is 4.90 Å². The molecule has 1 saturated heterocycles. The Morgan fingerprint density at radius 1 is 1.08 bits per heavy atom. The Morgan fingerprint density at radius 2 is 1.75 bits per heavy atom. The summed E-state index contributed by atoms with van der Waals surface area (Å²) in [5.41, 5.74) is 3.00. The Kier molecular flexibility index (Phi) is 8.09. The number of halogens is 1.